The van der Waals surface area contributed by atoms with E-state index in [0.29, 0.717) is 13.1 Å². The zero-order chi connectivity index (χ0) is 9.82. The molecule has 0 aromatic rings. The summed E-state index contributed by atoms with van der Waals surface area (Å²) in [7, 11) is 3.38. The molecule has 0 aliphatic rings. The fourth-order valence-corrected chi connectivity index (χ4v) is 0.329. The van der Waals surface area contributed by atoms with Gasteiger partial charge in [0.15, 0.2) is 0 Å². The number of amides is 1. The molecule has 0 heterocycles. The van der Waals surface area contributed by atoms with E-state index in [-0.39, 0.29) is 0 Å². The summed E-state index contributed by atoms with van der Waals surface area (Å²) < 4.78 is 0. The molecular weight excluding hydrogens is 156 g/mol. The van der Waals surface area contributed by atoms with Crippen LogP contribution in [0.15, 0.2) is 0 Å². The highest BCUT2D eigenvalue weighted by Crippen LogP contribution is 1.52. The molecule has 0 saturated heterocycles. The molecular formula is C7H20N4O. The van der Waals surface area contributed by atoms with Crippen molar-refractivity contribution in [2.24, 2.45) is 11.5 Å². The number of carbonyl (C=O) groups is 1. The molecule has 0 aromatic carbocycles. The van der Waals surface area contributed by atoms with Gasteiger partial charge in [-0.3, -0.25) is 4.79 Å². The highest BCUT2D eigenvalue weighted by Gasteiger charge is 1.76. The first-order chi connectivity index (χ1) is 5.68. The Morgan fingerprint density at radius 3 is 1.75 bits per heavy atom. The zero-order valence-corrected chi connectivity index (χ0v) is 7.92. The summed E-state index contributed by atoms with van der Waals surface area (Å²) in [5.74, 6) is 0. The van der Waals surface area contributed by atoms with Crippen molar-refractivity contribution in [2.45, 2.75) is 0 Å². The average Bonchev–Trinajstić information content (AvgIpc) is 2.07. The maximum atomic E-state index is 9.43. The maximum absolute atomic E-state index is 9.43. The lowest BCUT2D eigenvalue weighted by molar-refractivity contribution is -0.115. The van der Waals surface area contributed by atoms with Gasteiger partial charge in [-0.05, 0) is 0 Å². The van der Waals surface area contributed by atoms with E-state index < -0.39 is 0 Å². The molecule has 5 nitrogen and oxygen atoms in total. The third-order valence-electron chi connectivity index (χ3n) is 0.853. The highest BCUT2D eigenvalue weighted by atomic mass is 16.1. The van der Waals surface area contributed by atoms with Crippen LogP contribution in [-0.4, -0.2) is 51.6 Å². The minimum Gasteiger partial charge on any atom is -0.351 e. The summed E-state index contributed by atoms with van der Waals surface area (Å²) in [6.07, 6.45) is 0.750. The Morgan fingerprint density at radius 2 is 1.58 bits per heavy atom. The molecule has 5 N–H and O–H groups in total. The maximum Gasteiger partial charge on any atom is 0.209 e. The fraction of sp³-hybridized carbons (Fsp3) is 0.857. The van der Waals surface area contributed by atoms with Gasteiger partial charge in [-0.25, -0.2) is 0 Å². The van der Waals surface area contributed by atoms with Crippen LogP contribution in [0.4, 0.5) is 0 Å². The van der Waals surface area contributed by atoms with Crippen LogP contribution in [0.1, 0.15) is 0 Å². The van der Waals surface area contributed by atoms with Crippen molar-refractivity contribution in [3.05, 3.63) is 0 Å². The van der Waals surface area contributed by atoms with Crippen molar-refractivity contribution in [3.63, 3.8) is 0 Å². The molecule has 0 saturated carbocycles. The van der Waals surface area contributed by atoms with Crippen LogP contribution < -0.4 is 16.8 Å². The van der Waals surface area contributed by atoms with Gasteiger partial charge in [-0.2, -0.15) is 0 Å². The van der Waals surface area contributed by atoms with Crippen LogP contribution in [0.25, 0.3) is 0 Å². The van der Waals surface area contributed by atoms with Gasteiger partial charge >= 0.3 is 0 Å². The first kappa shape index (κ1) is 13.9. The second-order valence-corrected chi connectivity index (χ2v) is 2.40. The molecule has 0 aromatic heterocycles. The third kappa shape index (κ3) is 22.8. The summed E-state index contributed by atoms with van der Waals surface area (Å²) in [6, 6.07) is 0. The first-order valence-corrected chi connectivity index (χ1v) is 3.91. The molecule has 0 aliphatic heterocycles. The number of nitrogens with one attached hydrogen (secondary N) is 1. The van der Waals surface area contributed by atoms with Gasteiger partial charge in [-0.15, -0.1) is 0 Å². The van der Waals surface area contributed by atoms with Gasteiger partial charge in [0, 0.05) is 40.3 Å². The number of nitrogens with zero attached hydrogens (tertiary/aromatic N) is 1. The summed E-state index contributed by atoms with van der Waals surface area (Å²) in [6.45, 7) is 3.13. The minimum absolute atomic E-state index is 0.694. The molecule has 0 fully saturated rings. The first-order valence-electron chi connectivity index (χ1n) is 3.91. The SMILES string of the molecule is CN(C)C=O.NCCNCCN. The summed E-state index contributed by atoms with van der Waals surface area (Å²) in [5.41, 5.74) is 10.3. The van der Waals surface area contributed by atoms with Crippen molar-refractivity contribution < 1.29 is 4.79 Å². The van der Waals surface area contributed by atoms with Gasteiger partial charge in [0.2, 0.25) is 6.41 Å². The average molecular weight is 176 g/mol. The van der Waals surface area contributed by atoms with E-state index in [4.69, 9.17) is 11.5 Å². The lowest BCUT2D eigenvalue weighted by atomic mass is 10.6. The number of hydrogen-bond acceptors (Lipinski definition) is 4. The molecule has 5 heteroatoms. The zero-order valence-electron chi connectivity index (χ0n) is 7.92. The Kier molecular flexibility index (Phi) is 15.0. The molecule has 0 aliphatic carbocycles. The number of carbonyl (C=O) groups excluding carboxylic acids is 1. The van der Waals surface area contributed by atoms with Crippen molar-refractivity contribution in [2.75, 3.05) is 40.3 Å². The van der Waals surface area contributed by atoms with Gasteiger partial charge in [-0.1, -0.05) is 0 Å². The van der Waals surface area contributed by atoms with E-state index in [1.54, 1.807) is 14.1 Å². The highest BCUT2D eigenvalue weighted by molar-refractivity contribution is 5.45. The van der Waals surface area contributed by atoms with E-state index in [9.17, 15) is 4.79 Å². The smallest absolute Gasteiger partial charge is 0.209 e. The Balaban J connectivity index is 0. The topological polar surface area (TPSA) is 84.4 Å². The largest absolute Gasteiger partial charge is 0.351 e. The summed E-state index contributed by atoms with van der Waals surface area (Å²) >= 11 is 0. The van der Waals surface area contributed by atoms with E-state index >= 15 is 0 Å². The lowest BCUT2D eigenvalue weighted by Crippen LogP contribution is -2.27. The normalized spacial score (nSPS) is 8.33. The van der Waals surface area contributed by atoms with Gasteiger partial charge in [0.1, 0.15) is 0 Å². The molecule has 1 amide bonds. The monoisotopic (exact) mass is 176 g/mol. The second-order valence-electron chi connectivity index (χ2n) is 2.40. The van der Waals surface area contributed by atoms with E-state index in [1.807, 2.05) is 0 Å². The molecule has 0 atom stereocenters. The lowest BCUT2D eigenvalue weighted by Gasteiger charge is -1.95. The van der Waals surface area contributed by atoms with E-state index in [2.05, 4.69) is 5.32 Å². The third-order valence-corrected chi connectivity index (χ3v) is 0.853. The van der Waals surface area contributed by atoms with Gasteiger partial charge in [0.25, 0.3) is 0 Å². The van der Waals surface area contributed by atoms with Crippen molar-refractivity contribution in [1.29, 1.82) is 0 Å². The summed E-state index contributed by atoms with van der Waals surface area (Å²) in [5, 5.41) is 3.03. The Morgan fingerprint density at radius 1 is 1.25 bits per heavy atom. The molecule has 0 spiro atoms. The van der Waals surface area contributed by atoms with E-state index in [0.717, 1.165) is 19.5 Å². The Labute approximate surface area is 74.1 Å². The van der Waals surface area contributed by atoms with Crippen LogP contribution in [0.2, 0.25) is 0 Å². The second kappa shape index (κ2) is 13.0. The summed E-state index contributed by atoms with van der Waals surface area (Å²) in [4.78, 5) is 10.9. The molecule has 0 unspecified atom stereocenters. The van der Waals surface area contributed by atoms with Crippen LogP contribution in [0.5, 0.6) is 0 Å². The molecule has 12 heavy (non-hydrogen) atoms. The van der Waals surface area contributed by atoms with Crippen LogP contribution in [-0.2, 0) is 4.79 Å². The van der Waals surface area contributed by atoms with Crippen LogP contribution in [0.3, 0.4) is 0 Å². The quantitative estimate of drug-likeness (QED) is 0.341. The predicted octanol–water partition coefficient (Wildman–Crippen LogP) is -1.80. The fourth-order valence-electron chi connectivity index (χ4n) is 0.329. The minimum atomic E-state index is 0.694. The molecule has 0 rings (SSSR count). The van der Waals surface area contributed by atoms with Crippen molar-refractivity contribution >= 4 is 6.41 Å². The van der Waals surface area contributed by atoms with E-state index in [1.165, 1.54) is 4.90 Å². The Hall–Kier alpha value is -0.650. The van der Waals surface area contributed by atoms with Crippen molar-refractivity contribution in [1.82, 2.24) is 10.2 Å². The standard InChI is InChI=1S/C4H13N3.C3H7NO/c5-1-3-7-4-2-6;1-4(2)3-5/h7H,1-6H2;3H,1-2H3. The molecule has 0 radical (unpaired) electrons. The van der Waals surface area contributed by atoms with Gasteiger partial charge in [0.05, 0.1) is 0 Å². The van der Waals surface area contributed by atoms with Crippen LogP contribution >= 0.6 is 0 Å². The number of hydrogen-bond donors (Lipinski definition) is 3. The number of rotatable bonds is 5. The van der Waals surface area contributed by atoms with Crippen molar-refractivity contribution in [3.8, 4) is 0 Å². The predicted molar refractivity (Wildman–Crippen MR) is 50.7 cm³/mol. The molecule has 0 bridgehead atoms. The number of nitrogens with two attached hydrogens (primary N) is 2. The Bertz CT molecular complexity index is 83.5. The van der Waals surface area contributed by atoms with Crippen LogP contribution in [0, 0.1) is 0 Å². The van der Waals surface area contributed by atoms with Gasteiger partial charge < -0.3 is 21.7 Å². The molecule has 74 valence electrons.